The predicted octanol–water partition coefficient (Wildman–Crippen LogP) is 1.01. The Labute approximate surface area is 100 Å². The standard InChI is InChI=1S/C13H27N3/c1-12(13(2)4-5-13)15(3)10-11-16-8-6-14-7-9-16/h12,14H,4-11H2,1-3H3. The van der Waals surface area contributed by atoms with Gasteiger partial charge in [-0.05, 0) is 32.2 Å². The van der Waals surface area contributed by atoms with Crippen molar-refractivity contribution in [3.8, 4) is 0 Å². The highest BCUT2D eigenvalue weighted by Crippen LogP contribution is 2.49. The van der Waals surface area contributed by atoms with Crippen LogP contribution in [0.2, 0.25) is 0 Å². The molecule has 3 heteroatoms. The van der Waals surface area contributed by atoms with E-state index in [0.717, 1.165) is 19.1 Å². The summed E-state index contributed by atoms with van der Waals surface area (Å²) in [5.74, 6) is 0. The topological polar surface area (TPSA) is 18.5 Å². The minimum Gasteiger partial charge on any atom is -0.314 e. The lowest BCUT2D eigenvalue weighted by Crippen LogP contribution is -2.47. The minimum atomic E-state index is 0.623. The van der Waals surface area contributed by atoms with Crippen LogP contribution in [-0.2, 0) is 0 Å². The lowest BCUT2D eigenvalue weighted by Gasteiger charge is -2.33. The quantitative estimate of drug-likeness (QED) is 0.753. The van der Waals surface area contributed by atoms with Gasteiger partial charge in [0.15, 0.2) is 0 Å². The third-order valence-corrected chi connectivity index (χ3v) is 4.69. The first-order valence-corrected chi connectivity index (χ1v) is 6.75. The number of rotatable bonds is 5. The first kappa shape index (κ1) is 12.3. The third-order valence-electron chi connectivity index (χ3n) is 4.69. The van der Waals surface area contributed by atoms with Gasteiger partial charge in [-0.2, -0.15) is 0 Å². The second-order valence-electron chi connectivity index (χ2n) is 5.90. The molecule has 3 nitrogen and oxygen atoms in total. The number of nitrogens with zero attached hydrogens (tertiary/aromatic N) is 2. The van der Waals surface area contributed by atoms with Gasteiger partial charge in [0.2, 0.25) is 0 Å². The first-order chi connectivity index (χ1) is 7.62. The number of piperazine rings is 1. The Morgan fingerprint density at radius 2 is 1.94 bits per heavy atom. The van der Waals surface area contributed by atoms with Gasteiger partial charge in [0.05, 0.1) is 0 Å². The highest BCUT2D eigenvalue weighted by molar-refractivity contribution is 4.97. The summed E-state index contributed by atoms with van der Waals surface area (Å²) in [6.45, 7) is 12.0. The van der Waals surface area contributed by atoms with E-state index in [1.54, 1.807) is 0 Å². The second kappa shape index (κ2) is 5.03. The van der Waals surface area contributed by atoms with Crippen LogP contribution >= 0.6 is 0 Å². The Morgan fingerprint density at radius 3 is 2.50 bits per heavy atom. The maximum absolute atomic E-state index is 3.40. The largest absolute Gasteiger partial charge is 0.314 e. The summed E-state index contributed by atoms with van der Waals surface area (Å²) in [6, 6.07) is 0.746. The molecule has 0 amide bonds. The van der Waals surface area contributed by atoms with Gasteiger partial charge in [0, 0.05) is 45.3 Å². The summed E-state index contributed by atoms with van der Waals surface area (Å²) < 4.78 is 0. The molecule has 0 aromatic heterocycles. The lowest BCUT2D eigenvalue weighted by atomic mass is 10.00. The number of hydrogen-bond donors (Lipinski definition) is 1. The van der Waals surface area contributed by atoms with Gasteiger partial charge in [-0.1, -0.05) is 6.92 Å². The highest BCUT2D eigenvalue weighted by atomic mass is 15.2. The Morgan fingerprint density at radius 1 is 1.31 bits per heavy atom. The van der Waals surface area contributed by atoms with Crippen LogP contribution < -0.4 is 5.32 Å². The lowest BCUT2D eigenvalue weighted by molar-refractivity contribution is 0.149. The van der Waals surface area contributed by atoms with Crippen molar-refractivity contribution in [3.63, 3.8) is 0 Å². The van der Waals surface area contributed by atoms with Crippen LogP contribution in [0.4, 0.5) is 0 Å². The average Bonchev–Trinajstić information content (AvgIpc) is 3.06. The summed E-state index contributed by atoms with van der Waals surface area (Å²) in [6.07, 6.45) is 2.85. The van der Waals surface area contributed by atoms with Crippen molar-refractivity contribution in [3.05, 3.63) is 0 Å². The Kier molecular flexibility index (Phi) is 3.88. The molecule has 0 aromatic rings. The molecule has 2 rings (SSSR count). The van der Waals surface area contributed by atoms with Crippen LogP contribution in [0, 0.1) is 5.41 Å². The molecule has 1 aliphatic heterocycles. The van der Waals surface area contributed by atoms with Gasteiger partial charge < -0.3 is 10.2 Å². The molecule has 0 radical (unpaired) electrons. The molecular weight excluding hydrogens is 198 g/mol. The van der Waals surface area contributed by atoms with Crippen LogP contribution in [-0.4, -0.2) is 62.2 Å². The SMILES string of the molecule is CC(N(C)CCN1CCNCC1)C1(C)CC1. The average molecular weight is 225 g/mol. The van der Waals surface area contributed by atoms with Crippen molar-refractivity contribution >= 4 is 0 Å². The number of likely N-dealkylation sites (N-methyl/N-ethyl adjacent to an activating group) is 1. The van der Waals surface area contributed by atoms with E-state index in [9.17, 15) is 0 Å². The van der Waals surface area contributed by atoms with Crippen molar-refractivity contribution in [2.45, 2.75) is 32.7 Å². The molecule has 1 unspecified atom stereocenters. The molecule has 0 aromatic carbocycles. The fourth-order valence-electron chi connectivity index (χ4n) is 2.57. The molecule has 94 valence electrons. The number of hydrogen-bond acceptors (Lipinski definition) is 3. The van der Waals surface area contributed by atoms with Gasteiger partial charge in [-0.15, -0.1) is 0 Å². The number of nitrogens with one attached hydrogen (secondary N) is 1. The predicted molar refractivity (Wildman–Crippen MR) is 68.7 cm³/mol. The molecule has 1 atom stereocenters. The van der Waals surface area contributed by atoms with Gasteiger partial charge >= 0.3 is 0 Å². The van der Waals surface area contributed by atoms with E-state index in [-0.39, 0.29) is 0 Å². The molecule has 0 bridgehead atoms. The van der Waals surface area contributed by atoms with Gasteiger partial charge in [0.25, 0.3) is 0 Å². The zero-order valence-corrected chi connectivity index (χ0v) is 11.1. The molecule has 1 saturated carbocycles. The summed E-state index contributed by atoms with van der Waals surface area (Å²) in [5.41, 5.74) is 0.623. The smallest absolute Gasteiger partial charge is 0.0118 e. The Balaban J connectivity index is 1.68. The van der Waals surface area contributed by atoms with Crippen LogP contribution in [0.25, 0.3) is 0 Å². The van der Waals surface area contributed by atoms with E-state index < -0.39 is 0 Å². The third kappa shape index (κ3) is 2.96. The van der Waals surface area contributed by atoms with Gasteiger partial charge in [-0.25, -0.2) is 0 Å². The van der Waals surface area contributed by atoms with Crippen LogP contribution in [0.1, 0.15) is 26.7 Å². The van der Waals surface area contributed by atoms with Crippen molar-refractivity contribution in [1.29, 1.82) is 0 Å². The summed E-state index contributed by atoms with van der Waals surface area (Å²) in [7, 11) is 2.29. The van der Waals surface area contributed by atoms with E-state index in [1.807, 2.05) is 0 Å². The molecule has 2 fully saturated rings. The molecule has 1 aliphatic carbocycles. The second-order valence-corrected chi connectivity index (χ2v) is 5.90. The van der Waals surface area contributed by atoms with Crippen LogP contribution in [0.3, 0.4) is 0 Å². The van der Waals surface area contributed by atoms with Crippen LogP contribution in [0.5, 0.6) is 0 Å². The van der Waals surface area contributed by atoms with Crippen molar-refractivity contribution in [2.75, 3.05) is 46.3 Å². The molecular formula is C13H27N3. The minimum absolute atomic E-state index is 0.623. The summed E-state index contributed by atoms with van der Waals surface area (Å²) in [5, 5.41) is 3.40. The zero-order valence-electron chi connectivity index (χ0n) is 11.1. The summed E-state index contributed by atoms with van der Waals surface area (Å²) >= 11 is 0. The Hall–Kier alpha value is -0.120. The normalized spacial score (nSPS) is 27.0. The molecule has 1 N–H and O–H groups in total. The molecule has 2 aliphatic rings. The van der Waals surface area contributed by atoms with E-state index in [2.05, 4.69) is 36.0 Å². The molecule has 16 heavy (non-hydrogen) atoms. The van der Waals surface area contributed by atoms with E-state index in [0.29, 0.717) is 5.41 Å². The molecule has 1 saturated heterocycles. The van der Waals surface area contributed by atoms with E-state index in [1.165, 1.54) is 39.0 Å². The maximum Gasteiger partial charge on any atom is 0.0118 e. The fraction of sp³-hybridized carbons (Fsp3) is 1.00. The Bertz CT molecular complexity index is 219. The molecule has 1 heterocycles. The maximum atomic E-state index is 3.40. The summed E-state index contributed by atoms with van der Waals surface area (Å²) in [4.78, 5) is 5.13. The molecule has 0 spiro atoms. The van der Waals surface area contributed by atoms with Crippen molar-refractivity contribution in [1.82, 2.24) is 15.1 Å². The zero-order chi connectivity index (χ0) is 11.6. The van der Waals surface area contributed by atoms with Gasteiger partial charge in [0.1, 0.15) is 0 Å². The monoisotopic (exact) mass is 225 g/mol. The first-order valence-electron chi connectivity index (χ1n) is 6.75. The van der Waals surface area contributed by atoms with E-state index >= 15 is 0 Å². The van der Waals surface area contributed by atoms with Crippen molar-refractivity contribution in [2.24, 2.45) is 5.41 Å². The van der Waals surface area contributed by atoms with Crippen LogP contribution in [0.15, 0.2) is 0 Å². The fourth-order valence-corrected chi connectivity index (χ4v) is 2.57. The van der Waals surface area contributed by atoms with Crippen molar-refractivity contribution < 1.29 is 0 Å². The van der Waals surface area contributed by atoms with E-state index in [4.69, 9.17) is 0 Å². The van der Waals surface area contributed by atoms with Gasteiger partial charge in [-0.3, -0.25) is 4.90 Å². The highest BCUT2D eigenvalue weighted by Gasteiger charge is 2.43.